The largest absolute Gasteiger partial charge is 0.481 e. The van der Waals surface area contributed by atoms with Crippen LogP contribution in [-0.4, -0.2) is 89.0 Å². The van der Waals surface area contributed by atoms with Crippen molar-refractivity contribution < 1.29 is 33.8 Å². The average Bonchev–Trinajstić information content (AvgIpc) is 4.03. The van der Waals surface area contributed by atoms with E-state index < -0.39 is 53.3 Å². The van der Waals surface area contributed by atoms with Crippen molar-refractivity contribution in [3.8, 4) is 27.5 Å². The summed E-state index contributed by atoms with van der Waals surface area (Å²) in [6.45, 7) is 13.5. The highest BCUT2D eigenvalue weighted by Gasteiger charge is 2.44. The summed E-state index contributed by atoms with van der Waals surface area (Å²) in [5.41, 5.74) is 7.31. The molecule has 0 spiro atoms. The first kappa shape index (κ1) is 43.9. The van der Waals surface area contributed by atoms with E-state index in [1.165, 1.54) is 11.3 Å². The zero-order chi connectivity index (χ0) is 45.6. The number of hydrogen-bond acceptors (Lipinski definition) is 11. The fourth-order valence-corrected chi connectivity index (χ4v) is 9.53. The molecule has 15 nitrogen and oxygen atoms in total. The van der Waals surface area contributed by atoms with E-state index in [2.05, 4.69) is 32.7 Å². The average molecular weight is 883 g/mol. The second-order valence-corrected chi connectivity index (χ2v) is 18.7. The van der Waals surface area contributed by atoms with Gasteiger partial charge in [0.1, 0.15) is 29.0 Å². The number of aryl methyl sites for hydroxylation is 3. The van der Waals surface area contributed by atoms with Crippen molar-refractivity contribution in [1.29, 1.82) is 0 Å². The van der Waals surface area contributed by atoms with Crippen LogP contribution in [0.15, 0.2) is 88.6 Å². The third-order valence-electron chi connectivity index (χ3n) is 11.9. The number of fused-ring (bicyclic) bond motifs is 3. The molecular weight excluding hydrogens is 833 g/mol. The van der Waals surface area contributed by atoms with Crippen molar-refractivity contribution in [2.75, 3.05) is 6.54 Å². The summed E-state index contributed by atoms with van der Waals surface area (Å²) in [6, 6.07) is 19.8. The molecule has 0 aliphatic carbocycles. The number of carbonyl (C=O) groups excluding carboxylic acids is 3. The molecule has 1 saturated heterocycles. The molecule has 330 valence electrons. The van der Waals surface area contributed by atoms with Crippen molar-refractivity contribution in [2.45, 2.75) is 92.1 Å². The maximum Gasteiger partial charge on any atom is 0.306 e. The van der Waals surface area contributed by atoms with E-state index in [1.807, 2.05) is 107 Å². The minimum atomic E-state index is -1.00. The Morgan fingerprint density at radius 2 is 1.53 bits per heavy atom. The van der Waals surface area contributed by atoms with E-state index >= 15 is 0 Å². The van der Waals surface area contributed by atoms with Gasteiger partial charge in [0.05, 0.1) is 23.9 Å². The Morgan fingerprint density at radius 1 is 0.891 bits per heavy atom. The molecule has 4 N–H and O–H groups in total. The number of carbonyl (C=O) groups is 4. The summed E-state index contributed by atoms with van der Waals surface area (Å²) in [5.74, 6) is -0.460. The van der Waals surface area contributed by atoms with Gasteiger partial charge in [-0.1, -0.05) is 81.4 Å². The number of nitrogens with zero attached hydrogens (tertiary/aromatic N) is 6. The summed E-state index contributed by atoms with van der Waals surface area (Å²) in [5, 5.41) is 35.9. The zero-order valence-corrected chi connectivity index (χ0v) is 37.5. The van der Waals surface area contributed by atoms with Gasteiger partial charge in [-0.3, -0.25) is 28.7 Å². The van der Waals surface area contributed by atoms with Gasteiger partial charge in [-0.15, -0.1) is 21.5 Å². The van der Waals surface area contributed by atoms with Crippen LogP contribution in [-0.2, 0) is 20.9 Å². The molecule has 6 aromatic rings. The van der Waals surface area contributed by atoms with Crippen molar-refractivity contribution in [2.24, 2.45) is 10.4 Å². The van der Waals surface area contributed by atoms with Crippen molar-refractivity contribution in [3.05, 3.63) is 129 Å². The Hall–Kier alpha value is -6.78. The van der Waals surface area contributed by atoms with Crippen LogP contribution in [0.3, 0.4) is 0 Å². The van der Waals surface area contributed by atoms with Gasteiger partial charge in [0.2, 0.25) is 11.8 Å². The van der Waals surface area contributed by atoms with Gasteiger partial charge >= 0.3 is 5.97 Å². The highest BCUT2D eigenvalue weighted by molar-refractivity contribution is 7.15. The molecule has 0 bridgehead atoms. The smallest absolute Gasteiger partial charge is 0.306 e. The number of carboxylic acid groups (broad SMARTS) is 1. The van der Waals surface area contributed by atoms with E-state index in [4.69, 9.17) is 9.41 Å². The maximum absolute atomic E-state index is 14.2. The number of aliphatic hydroxyl groups is 1. The fraction of sp³-hybridized carbons (Fsp3) is 0.333. The Morgan fingerprint density at radius 3 is 2.16 bits per heavy atom. The number of aliphatic hydroxyl groups excluding tert-OH is 1. The molecule has 0 radical (unpaired) electrons. The van der Waals surface area contributed by atoms with Gasteiger partial charge < -0.3 is 30.2 Å². The lowest BCUT2D eigenvalue weighted by Gasteiger charge is -2.35. The van der Waals surface area contributed by atoms with E-state index in [1.54, 1.807) is 23.5 Å². The maximum atomic E-state index is 14.2. The predicted molar refractivity (Wildman–Crippen MR) is 241 cm³/mol. The first-order valence-electron chi connectivity index (χ1n) is 21.1. The molecule has 3 aromatic carbocycles. The monoisotopic (exact) mass is 882 g/mol. The van der Waals surface area contributed by atoms with Crippen LogP contribution in [0.25, 0.3) is 27.5 Å². The minimum absolute atomic E-state index is 0.0374. The Bertz CT molecular complexity index is 2780. The van der Waals surface area contributed by atoms with Gasteiger partial charge in [0.15, 0.2) is 18.0 Å². The van der Waals surface area contributed by atoms with E-state index in [0.717, 1.165) is 54.5 Å². The first-order chi connectivity index (χ1) is 30.5. The van der Waals surface area contributed by atoms with Crippen LogP contribution < -0.4 is 10.6 Å². The molecule has 64 heavy (non-hydrogen) atoms. The van der Waals surface area contributed by atoms with E-state index in [-0.39, 0.29) is 25.9 Å². The Balaban J connectivity index is 0.955. The molecule has 5 heterocycles. The summed E-state index contributed by atoms with van der Waals surface area (Å²) in [7, 11) is 0. The number of carboxylic acids is 1. The number of oxazole rings is 1. The number of aliphatic carboxylic acids is 1. The van der Waals surface area contributed by atoms with Crippen LogP contribution in [0.4, 0.5) is 0 Å². The number of amides is 3. The molecule has 8 rings (SSSR count). The second-order valence-electron chi connectivity index (χ2n) is 17.5. The molecule has 4 atom stereocenters. The summed E-state index contributed by atoms with van der Waals surface area (Å²) >= 11 is 1.60. The van der Waals surface area contributed by atoms with Gasteiger partial charge in [0.25, 0.3) is 5.91 Å². The highest BCUT2D eigenvalue weighted by atomic mass is 32.1. The number of rotatable bonds is 11. The molecule has 16 heteroatoms. The standard InChI is InChI=1S/C48H50N8O7S/c1-25-27(3)64-47-39(25)40(51-36(21-38(58)59)43-54-53-28(4)56(43)47)32-16-12-30(13-17-32)31-14-18-34(19-15-31)44(60)52-42(48(5,6)7)46(62)55-23-35(57)20-37(55)45(61)49-22-29-8-10-33(11-9-29)41-26(2)50-24-63-41/h8-19,24,35-37,42,57H,20-23H2,1-7H3,(H,49,61)(H,52,60)(H,58,59)/t35-,36+,37+,42-/m1/s1. The number of nitrogens with one attached hydrogen (secondary N) is 2. The quantitative estimate of drug-likeness (QED) is 0.109. The molecule has 3 aromatic heterocycles. The van der Waals surface area contributed by atoms with Gasteiger partial charge in [0, 0.05) is 46.6 Å². The van der Waals surface area contributed by atoms with Gasteiger partial charge in [-0.05, 0) is 67.5 Å². The van der Waals surface area contributed by atoms with Crippen LogP contribution in [0.5, 0.6) is 0 Å². The summed E-state index contributed by atoms with van der Waals surface area (Å²) in [6.07, 6.45) is 0.335. The van der Waals surface area contributed by atoms with Crippen LogP contribution in [0.2, 0.25) is 0 Å². The van der Waals surface area contributed by atoms with Crippen molar-refractivity contribution in [1.82, 2.24) is 35.3 Å². The Labute approximate surface area is 374 Å². The molecule has 2 aliphatic rings. The molecule has 0 saturated carbocycles. The number of hydrogen-bond donors (Lipinski definition) is 4. The molecule has 1 fully saturated rings. The van der Waals surface area contributed by atoms with Gasteiger partial charge in [-0.2, -0.15) is 0 Å². The van der Waals surface area contributed by atoms with E-state index in [0.29, 0.717) is 28.7 Å². The molecular formula is C48H50N8O7S. The fourth-order valence-electron chi connectivity index (χ4n) is 8.32. The number of aliphatic imine (C=N–C) groups is 1. The van der Waals surface area contributed by atoms with Gasteiger partial charge in [-0.25, -0.2) is 4.98 Å². The van der Waals surface area contributed by atoms with Crippen molar-refractivity contribution in [3.63, 3.8) is 0 Å². The lowest BCUT2D eigenvalue weighted by atomic mass is 9.85. The Kier molecular flexibility index (Phi) is 11.9. The van der Waals surface area contributed by atoms with Crippen LogP contribution in [0.1, 0.15) is 94.5 Å². The number of β-amino-alcohol motifs (C(OH)–C–C–N with tert-alkyl or cyclic N) is 1. The minimum Gasteiger partial charge on any atom is -0.481 e. The SMILES string of the molecule is Cc1ncoc1-c1ccc(CNC(=O)[C@@H]2C[C@@H](O)CN2C(=O)[C@@H](NC(=O)c2ccc(-c3ccc(C4=N[C@@H](CC(=O)O)c5nnc(C)n5-c5sc(C)c(C)c54)cc3)cc2)C(C)(C)C)cc1. The summed E-state index contributed by atoms with van der Waals surface area (Å²) in [4.78, 5) is 65.2. The van der Waals surface area contributed by atoms with E-state index in [9.17, 15) is 29.4 Å². The first-order valence-corrected chi connectivity index (χ1v) is 21.9. The zero-order valence-electron chi connectivity index (χ0n) is 36.7. The predicted octanol–water partition coefficient (Wildman–Crippen LogP) is 6.67. The second kappa shape index (κ2) is 17.4. The molecule has 0 unspecified atom stereocenters. The lowest BCUT2D eigenvalue weighted by Crippen LogP contribution is -2.57. The summed E-state index contributed by atoms with van der Waals surface area (Å²) < 4.78 is 7.40. The normalized spacial score (nSPS) is 17.5. The number of aromatic nitrogens is 4. The van der Waals surface area contributed by atoms with Crippen molar-refractivity contribution >= 4 is 40.7 Å². The number of likely N-dealkylation sites (tertiary alicyclic amines) is 1. The number of thiophene rings is 1. The lowest BCUT2D eigenvalue weighted by molar-refractivity contribution is -0.142. The van der Waals surface area contributed by atoms with Crippen LogP contribution in [0, 0.1) is 33.1 Å². The third kappa shape index (κ3) is 8.62. The highest BCUT2D eigenvalue weighted by Crippen LogP contribution is 2.40. The molecule has 3 amide bonds. The topological polar surface area (TPSA) is 205 Å². The van der Waals surface area contributed by atoms with Crippen LogP contribution >= 0.6 is 11.3 Å². The molecule has 2 aliphatic heterocycles. The number of benzene rings is 3. The third-order valence-corrected chi connectivity index (χ3v) is 13.1.